The van der Waals surface area contributed by atoms with Crippen molar-refractivity contribution in [2.24, 2.45) is 0 Å². The van der Waals surface area contributed by atoms with Crippen molar-refractivity contribution in [2.45, 2.75) is 0 Å². The summed E-state index contributed by atoms with van der Waals surface area (Å²) in [5.74, 6) is 0.0924. The van der Waals surface area contributed by atoms with Gasteiger partial charge in [0, 0.05) is 31.7 Å². The van der Waals surface area contributed by atoms with E-state index in [2.05, 4.69) is 28.2 Å². The molecule has 0 radical (unpaired) electrons. The van der Waals surface area contributed by atoms with Gasteiger partial charge in [0.05, 0.1) is 17.6 Å². The number of hydrogen-bond acceptors (Lipinski definition) is 4. The van der Waals surface area contributed by atoms with E-state index >= 15 is 0 Å². The number of para-hydroxylation sites is 2. The van der Waals surface area contributed by atoms with Crippen molar-refractivity contribution >= 4 is 17.3 Å². The van der Waals surface area contributed by atoms with Crippen molar-refractivity contribution in [3.63, 3.8) is 0 Å². The fourth-order valence-corrected chi connectivity index (χ4v) is 3.41. The predicted octanol–water partition coefficient (Wildman–Crippen LogP) is 3.95. The lowest BCUT2D eigenvalue weighted by Gasteiger charge is -2.35. The zero-order valence-corrected chi connectivity index (χ0v) is 15.4. The molecule has 1 saturated heterocycles. The summed E-state index contributed by atoms with van der Waals surface area (Å²) in [5.41, 5.74) is 3.61. The third kappa shape index (κ3) is 3.73. The van der Waals surface area contributed by atoms with E-state index in [0.717, 1.165) is 48.7 Å². The first-order valence-electron chi connectivity index (χ1n) is 9.19. The van der Waals surface area contributed by atoms with Crippen molar-refractivity contribution in [1.29, 1.82) is 0 Å². The molecule has 5 nitrogen and oxygen atoms in total. The summed E-state index contributed by atoms with van der Waals surface area (Å²) >= 11 is 0. The molecule has 1 aliphatic rings. The molecule has 0 aliphatic carbocycles. The van der Waals surface area contributed by atoms with E-state index in [1.165, 1.54) is 0 Å². The summed E-state index contributed by atoms with van der Waals surface area (Å²) in [6.45, 7) is 3.91. The van der Waals surface area contributed by atoms with Gasteiger partial charge in [0.1, 0.15) is 0 Å². The number of benzene rings is 2. The van der Waals surface area contributed by atoms with E-state index in [4.69, 9.17) is 4.42 Å². The Morgan fingerprint density at radius 3 is 2.41 bits per heavy atom. The lowest BCUT2D eigenvalue weighted by molar-refractivity contribution is 0.0997. The highest BCUT2D eigenvalue weighted by molar-refractivity contribution is 6.08. The summed E-state index contributed by atoms with van der Waals surface area (Å²) in [6, 6.07) is 19.6. The normalized spacial score (nSPS) is 14.9. The molecule has 27 heavy (non-hydrogen) atoms. The fourth-order valence-electron chi connectivity index (χ4n) is 3.41. The maximum absolute atomic E-state index is 12.9. The highest BCUT2D eigenvalue weighted by Crippen LogP contribution is 2.29. The van der Waals surface area contributed by atoms with E-state index in [-0.39, 0.29) is 5.91 Å². The first-order valence-corrected chi connectivity index (χ1v) is 9.19. The quantitative estimate of drug-likeness (QED) is 0.764. The van der Waals surface area contributed by atoms with Crippen LogP contribution in [0.4, 0.5) is 11.4 Å². The number of rotatable bonds is 4. The molecule has 0 saturated carbocycles. The van der Waals surface area contributed by atoms with Gasteiger partial charge in [-0.2, -0.15) is 0 Å². The second-order valence-corrected chi connectivity index (χ2v) is 6.79. The average molecular weight is 361 g/mol. The third-order valence-electron chi connectivity index (χ3n) is 4.95. The van der Waals surface area contributed by atoms with Gasteiger partial charge in [0.25, 0.3) is 5.91 Å². The summed E-state index contributed by atoms with van der Waals surface area (Å²) < 4.78 is 5.52. The third-order valence-corrected chi connectivity index (χ3v) is 4.95. The molecule has 4 rings (SSSR count). The highest BCUT2D eigenvalue weighted by atomic mass is 16.3. The van der Waals surface area contributed by atoms with Crippen LogP contribution in [0.5, 0.6) is 0 Å². The molecule has 5 heteroatoms. The van der Waals surface area contributed by atoms with E-state index < -0.39 is 0 Å². The van der Waals surface area contributed by atoms with Crippen molar-refractivity contribution in [3.8, 4) is 11.1 Å². The van der Waals surface area contributed by atoms with Gasteiger partial charge < -0.3 is 19.5 Å². The summed E-state index contributed by atoms with van der Waals surface area (Å²) in [4.78, 5) is 17.6. The van der Waals surface area contributed by atoms with Crippen molar-refractivity contribution in [2.75, 3.05) is 43.4 Å². The number of carbonyl (C=O) groups is 1. The molecule has 1 aliphatic heterocycles. The van der Waals surface area contributed by atoms with Crippen LogP contribution in [0.15, 0.2) is 71.3 Å². The number of amides is 1. The Labute approximate surface area is 159 Å². The topological polar surface area (TPSA) is 48.7 Å². The largest absolute Gasteiger partial charge is 0.459 e. The van der Waals surface area contributed by atoms with Crippen molar-refractivity contribution < 1.29 is 9.21 Å². The molecule has 1 amide bonds. The van der Waals surface area contributed by atoms with Crippen molar-refractivity contribution in [1.82, 2.24) is 4.90 Å². The first-order chi connectivity index (χ1) is 13.2. The van der Waals surface area contributed by atoms with E-state index in [0.29, 0.717) is 5.76 Å². The molecular formula is C22H23N3O2. The van der Waals surface area contributed by atoms with Gasteiger partial charge in [0.2, 0.25) is 0 Å². The van der Waals surface area contributed by atoms with Crippen LogP contribution >= 0.6 is 0 Å². The lowest BCUT2D eigenvalue weighted by atomic mass is 10.1. The molecule has 0 spiro atoms. The van der Waals surface area contributed by atoms with Gasteiger partial charge in [-0.3, -0.25) is 4.79 Å². The minimum atomic E-state index is -0.236. The lowest BCUT2D eigenvalue weighted by Crippen LogP contribution is -2.44. The molecule has 3 aromatic rings. The van der Waals surface area contributed by atoms with Gasteiger partial charge >= 0.3 is 0 Å². The second-order valence-electron chi connectivity index (χ2n) is 6.79. The van der Waals surface area contributed by atoms with Crippen LogP contribution in [0, 0.1) is 0 Å². The Balaban J connectivity index is 1.57. The molecule has 0 unspecified atom stereocenters. The summed E-state index contributed by atoms with van der Waals surface area (Å²) in [7, 11) is 2.13. The van der Waals surface area contributed by atoms with E-state index in [1.807, 2.05) is 54.6 Å². The SMILES string of the molecule is CN1CCN(c2ccccc2NC(=O)c2occc2-c2ccccc2)CC1. The van der Waals surface area contributed by atoms with Crippen LogP contribution in [0.3, 0.4) is 0 Å². The highest BCUT2D eigenvalue weighted by Gasteiger charge is 2.21. The Morgan fingerprint density at radius 2 is 1.63 bits per heavy atom. The fraction of sp³-hybridized carbons (Fsp3) is 0.227. The molecule has 1 aromatic heterocycles. The predicted molar refractivity (Wildman–Crippen MR) is 108 cm³/mol. The number of carbonyl (C=O) groups excluding carboxylic acids is 1. The Morgan fingerprint density at radius 1 is 0.926 bits per heavy atom. The van der Waals surface area contributed by atoms with Crippen LogP contribution in [-0.4, -0.2) is 44.0 Å². The van der Waals surface area contributed by atoms with Gasteiger partial charge in [-0.1, -0.05) is 42.5 Å². The number of anilines is 2. The zero-order chi connectivity index (χ0) is 18.6. The van der Waals surface area contributed by atoms with Gasteiger partial charge in [-0.25, -0.2) is 0 Å². The van der Waals surface area contributed by atoms with Crippen LogP contribution < -0.4 is 10.2 Å². The molecule has 0 bridgehead atoms. The molecular weight excluding hydrogens is 338 g/mol. The molecule has 0 atom stereocenters. The van der Waals surface area contributed by atoms with Gasteiger partial charge in [-0.05, 0) is 30.8 Å². The number of nitrogens with zero attached hydrogens (tertiary/aromatic N) is 2. The monoisotopic (exact) mass is 361 g/mol. The van der Waals surface area contributed by atoms with E-state index in [9.17, 15) is 4.79 Å². The number of likely N-dealkylation sites (N-methyl/N-ethyl adjacent to an activating group) is 1. The number of piperazine rings is 1. The molecule has 1 fully saturated rings. The van der Waals surface area contributed by atoms with Crippen LogP contribution in [-0.2, 0) is 0 Å². The van der Waals surface area contributed by atoms with Crippen LogP contribution in [0.25, 0.3) is 11.1 Å². The Bertz CT molecular complexity index is 912. The average Bonchev–Trinajstić information content (AvgIpc) is 3.20. The Hall–Kier alpha value is -3.05. The zero-order valence-electron chi connectivity index (χ0n) is 15.4. The standard InChI is InChI=1S/C22H23N3O2/c1-24-12-14-25(15-13-24)20-10-6-5-9-19(20)23-22(26)21-18(11-16-27-21)17-7-3-2-4-8-17/h2-11,16H,12-15H2,1H3,(H,23,26). The van der Waals surface area contributed by atoms with Gasteiger partial charge in [0.15, 0.2) is 5.76 Å². The number of hydrogen-bond donors (Lipinski definition) is 1. The minimum absolute atomic E-state index is 0.236. The number of furan rings is 1. The van der Waals surface area contributed by atoms with Crippen LogP contribution in [0.2, 0.25) is 0 Å². The second kappa shape index (κ2) is 7.68. The van der Waals surface area contributed by atoms with E-state index in [1.54, 1.807) is 6.26 Å². The van der Waals surface area contributed by atoms with Gasteiger partial charge in [-0.15, -0.1) is 0 Å². The smallest absolute Gasteiger partial charge is 0.292 e. The Kier molecular flexibility index (Phi) is 4.94. The molecule has 138 valence electrons. The first kappa shape index (κ1) is 17.4. The minimum Gasteiger partial charge on any atom is -0.459 e. The molecule has 2 aromatic carbocycles. The summed E-state index contributed by atoms with van der Waals surface area (Å²) in [5, 5.41) is 3.04. The summed E-state index contributed by atoms with van der Waals surface area (Å²) in [6.07, 6.45) is 1.56. The molecule has 1 N–H and O–H groups in total. The maximum Gasteiger partial charge on any atom is 0.292 e. The number of nitrogens with one attached hydrogen (secondary N) is 1. The van der Waals surface area contributed by atoms with Crippen molar-refractivity contribution in [3.05, 3.63) is 72.7 Å². The van der Waals surface area contributed by atoms with Crippen LogP contribution in [0.1, 0.15) is 10.6 Å². The molecule has 2 heterocycles. The maximum atomic E-state index is 12.9.